The van der Waals surface area contributed by atoms with Crippen molar-refractivity contribution in [2.75, 3.05) is 5.43 Å². The number of fused-ring (bicyclic) bond motifs is 4. The Morgan fingerprint density at radius 1 is 1.24 bits per heavy atom. The molecule has 17 heavy (non-hydrogen) atoms. The molecule has 2 N–H and O–H groups in total. The predicted octanol–water partition coefficient (Wildman–Crippen LogP) is -0.0885. The van der Waals surface area contributed by atoms with Crippen LogP contribution >= 0.6 is 0 Å². The zero-order valence-electron chi connectivity index (χ0n) is 8.88. The van der Waals surface area contributed by atoms with Crippen LogP contribution in [-0.4, -0.2) is 20.2 Å². The number of aromatic amines is 1. The average molecular weight is 223 g/mol. The molecule has 5 nitrogen and oxygen atoms in total. The number of aromatic nitrogens is 3. The Morgan fingerprint density at radius 2 is 2.24 bits per heavy atom. The minimum absolute atomic E-state index is 1.01. The monoisotopic (exact) mass is 223 g/mol. The van der Waals surface area contributed by atoms with Gasteiger partial charge in [0.15, 0.2) is 0 Å². The number of nitrogens with zero attached hydrogens (tertiary/aromatic N) is 3. The van der Waals surface area contributed by atoms with Crippen LogP contribution < -0.4 is 16.0 Å². The standard InChI is InChI=1S/C12H9N5/c1-2-8-6-14-15-11(8)12-9-7-13-4-3-10(9)16-17(12)5-1/h1-7,15-16H. The van der Waals surface area contributed by atoms with Crippen molar-refractivity contribution in [1.29, 1.82) is 0 Å². The lowest BCUT2D eigenvalue weighted by atomic mass is 10.2. The molecule has 2 aliphatic rings. The molecular formula is C12H9N5. The number of rotatable bonds is 0. The van der Waals surface area contributed by atoms with Crippen molar-refractivity contribution >= 4 is 17.5 Å². The molecule has 0 fully saturated rings. The number of pyridine rings is 1. The molecule has 0 saturated heterocycles. The fourth-order valence-electron chi connectivity index (χ4n) is 2.21. The van der Waals surface area contributed by atoms with Crippen LogP contribution in [0.1, 0.15) is 5.56 Å². The minimum Gasteiger partial charge on any atom is -0.293 e. The van der Waals surface area contributed by atoms with Crippen molar-refractivity contribution in [2.45, 2.75) is 0 Å². The molecule has 0 atom stereocenters. The summed E-state index contributed by atoms with van der Waals surface area (Å²) in [7, 11) is 0. The van der Waals surface area contributed by atoms with Gasteiger partial charge in [-0.3, -0.25) is 20.5 Å². The Hall–Kier alpha value is -2.56. The van der Waals surface area contributed by atoms with E-state index in [2.05, 4.69) is 20.6 Å². The highest BCUT2D eigenvalue weighted by atomic mass is 15.5. The molecule has 0 saturated carbocycles. The summed E-state index contributed by atoms with van der Waals surface area (Å²) in [5.41, 5.74) is 6.51. The molecule has 4 heterocycles. The normalized spacial score (nSPS) is 15.5. The van der Waals surface area contributed by atoms with E-state index in [0.29, 0.717) is 0 Å². The molecule has 82 valence electrons. The molecule has 2 aromatic heterocycles. The van der Waals surface area contributed by atoms with E-state index in [4.69, 9.17) is 0 Å². The molecule has 0 amide bonds. The lowest BCUT2D eigenvalue weighted by molar-refractivity contribution is 0.658. The van der Waals surface area contributed by atoms with Gasteiger partial charge in [0.1, 0.15) is 0 Å². The maximum atomic E-state index is 4.18. The van der Waals surface area contributed by atoms with Gasteiger partial charge in [-0.15, -0.1) is 0 Å². The fourth-order valence-corrected chi connectivity index (χ4v) is 2.21. The molecule has 0 spiro atoms. The lowest BCUT2D eigenvalue weighted by Crippen LogP contribution is -2.29. The largest absolute Gasteiger partial charge is 0.293 e. The lowest BCUT2D eigenvalue weighted by Gasteiger charge is -2.13. The van der Waals surface area contributed by atoms with E-state index >= 15 is 0 Å². The van der Waals surface area contributed by atoms with Crippen molar-refractivity contribution in [2.24, 2.45) is 0 Å². The van der Waals surface area contributed by atoms with Crippen LogP contribution in [-0.2, 0) is 0 Å². The summed E-state index contributed by atoms with van der Waals surface area (Å²) in [6.07, 6.45) is 11.5. The van der Waals surface area contributed by atoms with Crippen molar-refractivity contribution in [3.63, 3.8) is 0 Å². The third kappa shape index (κ3) is 1.08. The van der Waals surface area contributed by atoms with E-state index in [-0.39, 0.29) is 0 Å². The Balaban J connectivity index is 2.18. The summed E-state index contributed by atoms with van der Waals surface area (Å²) in [5.74, 6) is 0. The molecule has 0 bridgehead atoms. The van der Waals surface area contributed by atoms with Crippen molar-refractivity contribution in [1.82, 2.24) is 20.2 Å². The zero-order chi connectivity index (χ0) is 11.2. The van der Waals surface area contributed by atoms with Gasteiger partial charge in [-0.2, -0.15) is 5.10 Å². The van der Waals surface area contributed by atoms with E-state index in [1.807, 2.05) is 41.8 Å². The van der Waals surface area contributed by atoms with Crippen LogP contribution in [0, 0.1) is 0 Å². The third-order valence-corrected chi connectivity index (χ3v) is 2.97. The Kier molecular flexibility index (Phi) is 1.50. The van der Waals surface area contributed by atoms with Crippen LogP contribution in [0.25, 0.3) is 11.8 Å². The number of H-pyrrole nitrogens is 1. The van der Waals surface area contributed by atoms with Gasteiger partial charge in [0.25, 0.3) is 0 Å². The van der Waals surface area contributed by atoms with Gasteiger partial charge in [-0.05, 0) is 18.2 Å². The summed E-state index contributed by atoms with van der Waals surface area (Å²) in [5, 5.41) is 11.2. The molecular weight excluding hydrogens is 214 g/mol. The van der Waals surface area contributed by atoms with Crippen molar-refractivity contribution < 1.29 is 0 Å². The fraction of sp³-hybridized carbons (Fsp3) is 0. The second-order valence-electron chi connectivity index (χ2n) is 3.96. The SMILES string of the molecule is C1=CN2Nc3ccncc3C2=c2[nH]ncc2=C1. The predicted molar refractivity (Wildman–Crippen MR) is 63.7 cm³/mol. The number of nitrogens with one attached hydrogen (secondary N) is 2. The first kappa shape index (κ1) is 8.58. The smallest absolute Gasteiger partial charge is 0.0989 e. The van der Waals surface area contributed by atoms with Crippen LogP contribution in [0.3, 0.4) is 0 Å². The van der Waals surface area contributed by atoms with Gasteiger partial charge >= 0.3 is 0 Å². The average Bonchev–Trinajstić information content (AvgIpc) is 2.90. The maximum absolute atomic E-state index is 4.18. The molecule has 0 aliphatic carbocycles. The summed E-state index contributed by atoms with van der Waals surface area (Å²) >= 11 is 0. The topological polar surface area (TPSA) is 56.8 Å². The van der Waals surface area contributed by atoms with Gasteiger partial charge in [0, 0.05) is 29.4 Å². The Labute approximate surface area is 96.8 Å². The first-order valence-corrected chi connectivity index (χ1v) is 5.36. The summed E-state index contributed by atoms with van der Waals surface area (Å²) in [6, 6.07) is 1.96. The van der Waals surface area contributed by atoms with E-state index in [1.165, 1.54) is 0 Å². The number of hydrogen-bond donors (Lipinski definition) is 2. The van der Waals surface area contributed by atoms with Gasteiger partial charge < -0.3 is 0 Å². The molecule has 4 rings (SSSR count). The number of hydrogen-bond acceptors (Lipinski definition) is 4. The van der Waals surface area contributed by atoms with Gasteiger partial charge in [0.05, 0.1) is 22.9 Å². The Morgan fingerprint density at radius 3 is 3.24 bits per heavy atom. The second kappa shape index (κ2) is 2.98. The summed E-state index contributed by atoms with van der Waals surface area (Å²) in [4.78, 5) is 4.18. The molecule has 0 aromatic carbocycles. The van der Waals surface area contributed by atoms with Crippen molar-refractivity contribution in [3.05, 3.63) is 53.1 Å². The summed E-state index contributed by atoms with van der Waals surface area (Å²) < 4.78 is 0. The number of hydrazine groups is 1. The first-order valence-electron chi connectivity index (χ1n) is 5.36. The molecule has 2 aromatic rings. The summed E-state index contributed by atoms with van der Waals surface area (Å²) in [6.45, 7) is 0. The number of anilines is 1. The minimum atomic E-state index is 1.01. The zero-order valence-corrected chi connectivity index (χ0v) is 8.88. The quantitative estimate of drug-likeness (QED) is 0.655. The van der Waals surface area contributed by atoms with Gasteiger partial charge in [0.2, 0.25) is 0 Å². The van der Waals surface area contributed by atoms with E-state index < -0.39 is 0 Å². The van der Waals surface area contributed by atoms with Crippen LogP contribution in [0.2, 0.25) is 0 Å². The van der Waals surface area contributed by atoms with Crippen LogP contribution in [0.5, 0.6) is 0 Å². The second-order valence-corrected chi connectivity index (χ2v) is 3.96. The maximum Gasteiger partial charge on any atom is 0.0989 e. The van der Waals surface area contributed by atoms with Crippen LogP contribution in [0.15, 0.2) is 36.9 Å². The first-order chi connectivity index (χ1) is 8.43. The van der Waals surface area contributed by atoms with E-state index in [9.17, 15) is 0 Å². The Bertz CT molecular complexity index is 740. The van der Waals surface area contributed by atoms with Crippen LogP contribution in [0.4, 0.5) is 5.69 Å². The molecule has 0 unspecified atom stereocenters. The van der Waals surface area contributed by atoms with E-state index in [1.54, 1.807) is 6.20 Å². The van der Waals surface area contributed by atoms with E-state index in [0.717, 1.165) is 27.5 Å². The highest BCUT2D eigenvalue weighted by Crippen LogP contribution is 2.31. The third-order valence-electron chi connectivity index (χ3n) is 2.97. The number of allylic oxidation sites excluding steroid dienone is 1. The van der Waals surface area contributed by atoms with Gasteiger partial charge in [-0.25, -0.2) is 0 Å². The highest BCUT2D eigenvalue weighted by molar-refractivity contribution is 5.80. The van der Waals surface area contributed by atoms with Crippen molar-refractivity contribution in [3.8, 4) is 0 Å². The molecule has 2 aliphatic heterocycles. The van der Waals surface area contributed by atoms with Gasteiger partial charge in [-0.1, -0.05) is 0 Å². The highest BCUT2D eigenvalue weighted by Gasteiger charge is 2.24. The molecule has 5 heteroatoms. The molecule has 0 radical (unpaired) electrons.